The summed E-state index contributed by atoms with van der Waals surface area (Å²) in [5.41, 5.74) is 2.31. The number of benzene rings is 2. The minimum atomic E-state index is -0.518. The van der Waals surface area contributed by atoms with Crippen LogP contribution in [-0.2, 0) is 6.42 Å². The molecule has 0 saturated heterocycles. The topological polar surface area (TPSA) is 40.5 Å². The average Bonchev–Trinajstić information content (AvgIpc) is 2.50. The predicted octanol–water partition coefficient (Wildman–Crippen LogP) is 3.17. The molecule has 0 aliphatic carbocycles. The van der Waals surface area contributed by atoms with E-state index >= 15 is 0 Å². The number of hydrogen-bond donors (Lipinski definition) is 1. The summed E-state index contributed by atoms with van der Waals surface area (Å²) in [6.45, 7) is 0.937. The first-order chi connectivity index (χ1) is 10.1. The van der Waals surface area contributed by atoms with Gasteiger partial charge in [-0.2, -0.15) is 0 Å². The van der Waals surface area contributed by atoms with Gasteiger partial charge < -0.3 is 10.0 Å². The fourth-order valence-corrected chi connectivity index (χ4v) is 2.77. The number of hydrogen-bond acceptors (Lipinski definition) is 3. The highest BCUT2D eigenvalue weighted by Crippen LogP contribution is 2.27. The lowest BCUT2D eigenvalue weighted by molar-refractivity contribution is 0.0995. The maximum Gasteiger partial charge on any atom is 0.185 e. The Morgan fingerprint density at radius 2 is 2.05 bits per heavy atom. The normalized spacial score (nSPS) is 13.9. The summed E-state index contributed by atoms with van der Waals surface area (Å²) >= 11 is 0. The van der Waals surface area contributed by atoms with Crippen LogP contribution in [0.2, 0.25) is 0 Å². The van der Waals surface area contributed by atoms with Gasteiger partial charge in [0.05, 0.1) is 12.1 Å². The summed E-state index contributed by atoms with van der Waals surface area (Å²) in [7, 11) is 0. The summed E-state index contributed by atoms with van der Waals surface area (Å²) in [6.07, 6.45) is 1.99. The molecule has 0 amide bonds. The van der Waals surface area contributed by atoms with Gasteiger partial charge >= 0.3 is 0 Å². The molecule has 0 saturated carbocycles. The molecular weight excluding hydrogens is 269 g/mol. The Morgan fingerprint density at radius 3 is 2.90 bits per heavy atom. The minimum absolute atomic E-state index is 0.0399. The molecule has 0 unspecified atom stereocenters. The predicted molar refractivity (Wildman–Crippen MR) is 79.4 cm³/mol. The van der Waals surface area contributed by atoms with Crippen molar-refractivity contribution in [1.29, 1.82) is 0 Å². The molecule has 0 bridgehead atoms. The summed E-state index contributed by atoms with van der Waals surface area (Å²) in [6, 6.07) is 11.4. The Morgan fingerprint density at radius 1 is 1.24 bits per heavy atom. The minimum Gasteiger partial charge on any atom is -0.507 e. The third kappa shape index (κ3) is 2.75. The number of nitrogens with zero attached hydrogens (tertiary/aromatic N) is 1. The van der Waals surface area contributed by atoms with Gasteiger partial charge in [-0.25, -0.2) is 4.39 Å². The lowest BCUT2D eigenvalue weighted by atomic mass is 10.0. The van der Waals surface area contributed by atoms with E-state index in [-0.39, 0.29) is 23.6 Å². The van der Waals surface area contributed by atoms with Crippen LogP contribution in [0, 0.1) is 5.82 Å². The summed E-state index contributed by atoms with van der Waals surface area (Å²) in [5, 5.41) is 9.72. The first-order valence-corrected chi connectivity index (χ1v) is 7.00. The Kier molecular flexibility index (Phi) is 3.60. The molecule has 2 aromatic carbocycles. The van der Waals surface area contributed by atoms with Crippen LogP contribution in [-0.4, -0.2) is 24.0 Å². The van der Waals surface area contributed by atoms with Crippen LogP contribution >= 0.6 is 0 Å². The molecule has 0 aromatic heterocycles. The van der Waals surface area contributed by atoms with Crippen molar-refractivity contribution in [3.05, 3.63) is 59.4 Å². The molecule has 2 aromatic rings. The van der Waals surface area contributed by atoms with Gasteiger partial charge in [-0.05, 0) is 42.7 Å². The van der Waals surface area contributed by atoms with E-state index in [0.29, 0.717) is 0 Å². The van der Waals surface area contributed by atoms with Crippen molar-refractivity contribution >= 4 is 11.5 Å². The molecule has 1 N–H and O–H groups in total. The second-order valence-corrected chi connectivity index (χ2v) is 5.24. The summed E-state index contributed by atoms with van der Waals surface area (Å²) in [4.78, 5) is 14.3. The van der Waals surface area contributed by atoms with Crippen molar-refractivity contribution in [3.8, 4) is 5.75 Å². The SMILES string of the molecule is O=C(CN1CCCc2ccccc21)c1cc(F)ccc1O. The fraction of sp³-hybridized carbons (Fsp3) is 0.235. The first kappa shape index (κ1) is 13.6. The number of para-hydroxylation sites is 1. The van der Waals surface area contributed by atoms with Crippen LogP contribution in [0.1, 0.15) is 22.3 Å². The highest BCUT2D eigenvalue weighted by Gasteiger charge is 2.21. The molecule has 4 heteroatoms. The van der Waals surface area contributed by atoms with Gasteiger partial charge in [0.15, 0.2) is 5.78 Å². The van der Waals surface area contributed by atoms with E-state index < -0.39 is 5.82 Å². The monoisotopic (exact) mass is 285 g/mol. The summed E-state index contributed by atoms with van der Waals surface area (Å²) in [5.74, 6) is -0.967. The number of fused-ring (bicyclic) bond motifs is 1. The third-order valence-corrected chi connectivity index (χ3v) is 3.80. The number of anilines is 1. The number of halogens is 1. The maximum absolute atomic E-state index is 13.2. The van der Waals surface area contributed by atoms with Crippen molar-refractivity contribution in [2.24, 2.45) is 0 Å². The van der Waals surface area contributed by atoms with Gasteiger partial charge in [-0.3, -0.25) is 4.79 Å². The first-order valence-electron chi connectivity index (χ1n) is 7.00. The molecule has 0 spiro atoms. The van der Waals surface area contributed by atoms with E-state index in [9.17, 15) is 14.3 Å². The standard InChI is InChI=1S/C17H16FNO2/c18-13-7-8-16(20)14(10-13)17(21)11-19-9-3-5-12-4-1-2-6-15(12)19/h1-2,4,6-8,10,20H,3,5,9,11H2. The van der Waals surface area contributed by atoms with Crippen LogP contribution in [0.5, 0.6) is 5.75 Å². The number of ketones is 1. The van der Waals surface area contributed by atoms with Crippen LogP contribution in [0.15, 0.2) is 42.5 Å². The lowest BCUT2D eigenvalue weighted by Crippen LogP contribution is -2.34. The molecule has 108 valence electrons. The Hall–Kier alpha value is -2.36. The lowest BCUT2D eigenvalue weighted by Gasteiger charge is -2.30. The van der Waals surface area contributed by atoms with E-state index in [1.807, 2.05) is 23.1 Å². The number of carbonyl (C=O) groups is 1. The highest BCUT2D eigenvalue weighted by atomic mass is 19.1. The maximum atomic E-state index is 13.2. The molecule has 1 aliphatic rings. The highest BCUT2D eigenvalue weighted by molar-refractivity contribution is 6.01. The van der Waals surface area contributed by atoms with Gasteiger partial charge in [0.2, 0.25) is 0 Å². The molecule has 21 heavy (non-hydrogen) atoms. The van der Waals surface area contributed by atoms with Gasteiger partial charge in [0.25, 0.3) is 0 Å². The number of carbonyl (C=O) groups excluding carboxylic acids is 1. The molecular formula is C17H16FNO2. The van der Waals surface area contributed by atoms with Gasteiger partial charge in [-0.1, -0.05) is 18.2 Å². The van der Waals surface area contributed by atoms with E-state index in [4.69, 9.17) is 0 Å². The smallest absolute Gasteiger partial charge is 0.185 e. The van der Waals surface area contributed by atoms with Crippen molar-refractivity contribution in [2.75, 3.05) is 18.0 Å². The molecule has 1 aliphatic heterocycles. The van der Waals surface area contributed by atoms with Crippen molar-refractivity contribution in [1.82, 2.24) is 0 Å². The number of phenols is 1. The van der Waals surface area contributed by atoms with Crippen LogP contribution in [0.25, 0.3) is 0 Å². The van der Waals surface area contributed by atoms with E-state index in [1.165, 1.54) is 11.6 Å². The van der Waals surface area contributed by atoms with E-state index in [1.54, 1.807) is 0 Å². The Bertz CT molecular complexity index is 684. The molecule has 0 radical (unpaired) electrons. The average molecular weight is 285 g/mol. The zero-order valence-corrected chi connectivity index (χ0v) is 11.6. The van der Waals surface area contributed by atoms with E-state index in [2.05, 4.69) is 6.07 Å². The van der Waals surface area contributed by atoms with Crippen molar-refractivity contribution in [3.63, 3.8) is 0 Å². The second kappa shape index (κ2) is 5.56. The number of Topliss-reactive ketones (excluding diaryl/α,β-unsaturated/α-hetero) is 1. The molecule has 1 heterocycles. The van der Waals surface area contributed by atoms with Crippen molar-refractivity contribution < 1.29 is 14.3 Å². The zero-order valence-electron chi connectivity index (χ0n) is 11.6. The van der Waals surface area contributed by atoms with Gasteiger partial charge in [-0.15, -0.1) is 0 Å². The van der Waals surface area contributed by atoms with Gasteiger partial charge in [0, 0.05) is 12.2 Å². The van der Waals surface area contributed by atoms with Crippen LogP contribution in [0.3, 0.4) is 0 Å². The fourth-order valence-electron chi connectivity index (χ4n) is 2.77. The molecule has 3 nitrogen and oxygen atoms in total. The number of aryl methyl sites for hydroxylation is 1. The van der Waals surface area contributed by atoms with Crippen LogP contribution < -0.4 is 4.90 Å². The number of phenolic OH excluding ortho intramolecular Hbond substituents is 1. The third-order valence-electron chi connectivity index (χ3n) is 3.80. The van der Waals surface area contributed by atoms with Crippen LogP contribution in [0.4, 0.5) is 10.1 Å². The quantitative estimate of drug-likeness (QED) is 0.881. The summed E-state index contributed by atoms with van der Waals surface area (Å²) < 4.78 is 13.2. The van der Waals surface area contributed by atoms with Gasteiger partial charge in [0.1, 0.15) is 11.6 Å². The van der Waals surface area contributed by atoms with E-state index in [0.717, 1.165) is 37.2 Å². The largest absolute Gasteiger partial charge is 0.507 e. The Balaban J connectivity index is 1.84. The number of rotatable bonds is 3. The zero-order chi connectivity index (χ0) is 14.8. The molecule has 3 rings (SSSR count). The number of aromatic hydroxyl groups is 1. The van der Waals surface area contributed by atoms with Crippen molar-refractivity contribution in [2.45, 2.75) is 12.8 Å². The second-order valence-electron chi connectivity index (χ2n) is 5.24. The molecule has 0 atom stereocenters. The Labute approximate surface area is 122 Å². The molecule has 0 fully saturated rings.